The number of aryl methyl sites for hydroxylation is 1. The zero-order valence-corrected chi connectivity index (χ0v) is 14.3. The Morgan fingerprint density at radius 3 is 2.36 bits per heavy atom. The van der Waals surface area contributed by atoms with Crippen LogP contribution in [0.15, 0.2) is 91.0 Å². The third-order valence-electron chi connectivity index (χ3n) is 4.43. The van der Waals surface area contributed by atoms with Crippen LogP contribution in [-0.4, -0.2) is 0 Å². The van der Waals surface area contributed by atoms with E-state index in [1.807, 2.05) is 6.07 Å². The van der Waals surface area contributed by atoms with E-state index in [1.165, 1.54) is 27.5 Å². The van der Waals surface area contributed by atoms with Crippen molar-refractivity contribution in [2.75, 3.05) is 0 Å². The van der Waals surface area contributed by atoms with Crippen LogP contribution in [0.4, 0.5) is 0 Å². The van der Waals surface area contributed by atoms with Crippen LogP contribution in [0, 0.1) is 6.92 Å². The molecule has 0 aliphatic carbocycles. The minimum Gasteiger partial charge on any atom is -0.488 e. The molecule has 0 N–H and O–H groups in total. The smallest absolute Gasteiger partial charge is 0.128 e. The van der Waals surface area contributed by atoms with Gasteiger partial charge in [0.15, 0.2) is 0 Å². The first-order valence-corrected chi connectivity index (χ1v) is 8.57. The first kappa shape index (κ1) is 15.5. The number of fused-ring (bicyclic) bond motifs is 1. The summed E-state index contributed by atoms with van der Waals surface area (Å²) in [6.45, 7) is 2.68. The molecule has 1 heteroatoms. The molecular weight excluding hydrogens is 304 g/mol. The molecule has 0 bridgehead atoms. The van der Waals surface area contributed by atoms with Crippen molar-refractivity contribution < 1.29 is 4.74 Å². The molecule has 0 unspecified atom stereocenters. The number of rotatable bonds is 4. The van der Waals surface area contributed by atoms with E-state index in [1.54, 1.807) is 0 Å². The van der Waals surface area contributed by atoms with Crippen LogP contribution in [-0.2, 0) is 6.61 Å². The standard InChI is InChI=1S/C24H20O/c1-18-8-7-9-19(16-18)17-25-23-15-14-20-10-5-6-13-22(20)24(23)21-11-3-2-4-12-21/h2-16H,17H2,1H3. The van der Waals surface area contributed by atoms with E-state index < -0.39 is 0 Å². The van der Waals surface area contributed by atoms with Crippen molar-refractivity contribution in [2.24, 2.45) is 0 Å². The number of hydrogen-bond donors (Lipinski definition) is 0. The van der Waals surface area contributed by atoms with Gasteiger partial charge in [-0.25, -0.2) is 0 Å². The fraction of sp³-hybridized carbons (Fsp3) is 0.0833. The summed E-state index contributed by atoms with van der Waals surface area (Å²) in [5.74, 6) is 0.923. The highest BCUT2D eigenvalue weighted by Gasteiger charge is 2.11. The van der Waals surface area contributed by atoms with Gasteiger partial charge >= 0.3 is 0 Å². The van der Waals surface area contributed by atoms with Gasteiger partial charge in [0.05, 0.1) is 0 Å². The molecule has 25 heavy (non-hydrogen) atoms. The molecule has 0 heterocycles. The van der Waals surface area contributed by atoms with E-state index in [2.05, 4.69) is 91.9 Å². The SMILES string of the molecule is Cc1cccc(COc2ccc3ccccc3c2-c2ccccc2)c1. The molecule has 0 atom stereocenters. The average Bonchev–Trinajstić information content (AvgIpc) is 2.66. The van der Waals surface area contributed by atoms with Crippen molar-refractivity contribution in [3.8, 4) is 16.9 Å². The van der Waals surface area contributed by atoms with E-state index in [4.69, 9.17) is 4.74 Å². The van der Waals surface area contributed by atoms with Crippen molar-refractivity contribution in [2.45, 2.75) is 13.5 Å². The molecule has 0 saturated heterocycles. The monoisotopic (exact) mass is 324 g/mol. The van der Waals surface area contributed by atoms with Crippen molar-refractivity contribution in [3.05, 3.63) is 102 Å². The summed E-state index contributed by atoms with van der Waals surface area (Å²) in [4.78, 5) is 0. The quantitative estimate of drug-likeness (QED) is 0.422. The molecule has 0 amide bonds. The van der Waals surface area contributed by atoms with E-state index >= 15 is 0 Å². The van der Waals surface area contributed by atoms with Gasteiger partial charge in [-0.1, -0.05) is 90.5 Å². The Morgan fingerprint density at radius 1 is 0.720 bits per heavy atom. The van der Waals surface area contributed by atoms with Crippen molar-refractivity contribution in [1.82, 2.24) is 0 Å². The largest absolute Gasteiger partial charge is 0.488 e. The highest BCUT2D eigenvalue weighted by molar-refractivity contribution is 5.99. The van der Waals surface area contributed by atoms with Gasteiger partial charge < -0.3 is 4.74 Å². The molecular formula is C24H20O. The Bertz CT molecular complexity index is 1000. The Balaban J connectivity index is 1.78. The van der Waals surface area contributed by atoms with Crippen LogP contribution in [0.2, 0.25) is 0 Å². The lowest BCUT2D eigenvalue weighted by atomic mass is 9.97. The number of benzene rings is 4. The van der Waals surface area contributed by atoms with Crippen LogP contribution in [0.3, 0.4) is 0 Å². The van der Waals surface area contributed by atoms with Gasteiger partial charge in [0.25, 0.3) is 0 Å². The third-order valence-corrected chi connectivity index (χ3v) is 4.43. The Hall–Kier alpha value is -3.06. The van der Waals surface area contributed by atoms with Gasteiger partial charge in [0, 0.05) is 5.56 Å². The second-order valence-corrected chi connectivity index (χ2v) is 6.30. The molecule has 1 nitrogen and oxygen atoms in total. The maximum absolute atomic E-state index is 6.24. The van der Waals surface area contributed by atoms with Crippen LogP contribution < -0.4 is 4.74 Å². The molecule has 0 saturated carbocycles. The van der Waals surface area contributed by atoms with Gasteiger partial charge in [0.1, 0.15) is 12.4 Å². The molecule has 4 aromatic carbocycles. The van der Waals surface area contributed by atoms with Crippen LogP contribution >= 0.6 is 0 Å². The van der Waals surface area contributed by atoms with E-state index in [-0.39, 0.29) is 0 Å². The normalized spacial score (nSPS) is 10.8. The summed E-state index contributed by atoms with van der Waals surface area (Å²) < 4.78 is 6.24. The first-order chi connectivity index (χ1) is 12.3. The summed E-state index contributed by atoms with van der Waals surface area (Å²) in [6.07, 6.45) is 0. The molecule has 0 spiro atoms. The lowest BCUT2D eigenvalue weighted by Crippen LogP contribution is -1.98. The molecule has 4 rings (SSSR count). The molecule has 0 aromatic heterocycles. The minimum absolute atomic E-state index is 0.569. The molecule has 0 aliphatic rings. The van der Waals surface area contributed by atoms with E-state index in [0.29, 0.717) is 6.61 Å². The van der Waals surface area contributed by atoms with Gasteiger partial charge in [-0.05, 0) is 34.9 Å². The molecule has 0 aliphatic heterocycles. The summed E-state index contributed by atoms with van der Waals surface area (Å²) in [6, 6.07) is 31.6. The van der Waals surface area contributed by atoms with Crippen LogP contribution in [0.5, 0.6) is 5.75 Å². The predicted molar refractivity (Wildman–Crippen MR) is 105 cm³/mol. The zero-order chi connectivity index (χ0) is 17.1. The molecule has 0 fully saturated rings. The molecule has 122 valence electrons. The Kier molecular flexibility index (Phi) is 4.22. The van der Waals surface area contributed by atoms with Crippen molar-refractivity contribution in [1.29, 1.82) is 0 Å². The van der Waals surface area contributed by atoms with Crippen molar-refractivity contribution in [3.63, 3.8) is 0 Å². The van der Waals surface area contributed by atoms with Crippen LogP contribution in [0.1, 0.15) is 11.1 Å². The Morgan fingerprint density at radius 2 is 1.52 bits per heavy atom. The van der Waals surface area contributed by atoms with Crippen LogP contribution in [0.25, 0.3) is 21.9 Å². The highest BCUT2D eigenvalue weighted by Crippen LogP contribution is 2.37. The van der Waals surface area contributed by atoms with Gasteiger partial charge in [0.2, 0.25) is 0 Å². The minimum atomic E-state index is 0.569. The zero-order valence-electron chi connectivity index (χ0n) is 14.3. The summed E-state index contributed by atoms with van der Waals surface area (Å²) in [5.41, 5.74) is 4.78. The number of hydrogen-bond acceptors (Lipinski definition) is 1. The first-order valence-electron chi connectivity index (χ1n) is 8.57. The summed E-state index contributed by atoms with van der Waals surface area (Å²) >= 11 is 0. The highest BCUT2D eigenvalue weighted by atomic mass is 16.5. The molecule has 4 aromatic rings. The third kappa shape index (κ3) is 3.27. The summed E-state index contributed by atoms with van der Waals surface area (Å²) in [5, 5.41) is 2.44. The fourth-order valence-corrected chi connectivity index (χ4v) is 3.24. The second kappa shape index (κ2) is 6.82. The second-order valence-electron chi connectivity index (χ2n) is 6.30. The molecule has 0 radical (unpaired) electrons. The predicted octanol–water partition coefficient (Wildman–Crippen LogP) is 6.39. The van der Waals surface area contributed by atoms with Gasteiger partial charge in [-0.2, -0.15) is 0 Å². The van der Waals surface area contributed by atoms with E-state index in [0.717, 1.165) is 11.3 Å². The van der Waals surface area contributed by atoms with Gasteiger partial charge in [-0.15, -0.1) is 0 Å². The maximum atomic E-state index is 6.24. The number of ether oxygens (including phenoxy) is 1. The Labute approximate surface area is 148 Å². The summed E-state index contributed by atoms with van der Waals surface area (Å²) in [7, 11) is 0. The topological polar surface area (TPSA) is 9.23 Å². The maximum Gasteiger partial charge on any atom is 0.128 e. The van der Waals surface area contributed by atoms with Crippen molar-refractivity contribution >= 4 is 10.8 Å². The fourth-order valence-electron chi connectivity index (χ4n) is 3.24. The lowest BCUT2D eigenvalue weighted by Gasteiger charge is -2.15. The van der Waals surface area contributed by atoms with E-state index in [9.17, 15) is 0 Å². The van der Waals surface area contributed by atoms with Gasteiger partial charge in [-0.3, -0.25) is 0 Å². The average molecular weight is 324 g/mol. The lowest BCUT2D eigenvalue weighted by molar-refractivity contribution is 0.308.